The zero-order valence-electron chi connectivity index (χ0n) is 13.4. The molecule has 0 bridgehead atoms. The molecular weight excluding hydrogens is 256 g/mol. The molecule has 6 heteroatoms. The lowest BCUT2D eigenvalue weighted by atomic mass is 9.64. The molecule has 0 heterocycles. The number of nitrogens with one attached hydrogen (secondary N) is 3. The van der Waals surface area contributed by atoms with Crippen molar-refractivity contribution in [2.45, 2.75) is 52.3 Å². The molecule has 0 aliphatic heterocycles. The van der Waals surface area contributed by atoms with Crippen LogP contribution >= 0.6 is 0 Å². The van der Waals surface area contributed by atoms with Crippen molar-refractivity contribution in [2.24, 2.45) is 10.4 Å². The van der Waals surface area contributed by atoms with E-state index in [1.54, 1.807) is 14.2 Å². The number of guanidine groups is 1. The van der Waals surface area contributed by atoms with Gasteiger partial charge in [-0.2, -0.15) is 0 Å². The Labute approximate surface area is 121 Å². The van der Waals surface area contributed by atoms with Crippen molar-refractivity contribution < 1.29 is 9.53 Å². The van der Waals surface area contributed by atoms with E-state index in [2.05, 4.69) is 34.8 Å². The summed E-state index contributed by atoms with van der Waals surface area (Å²) in [7, 11) is 3.45. The zero-order valence-corrected chi connectivity index (χ0v) is 13.4. The number of nitrogens with zero attached hydrogens (tertiary/aromatic N) is 1. The Morgan fingerprint density at radius 2 is 2.10 bits per heavy atom. The molecule has 0 saturated heterocycles. The van der Waals surface area contributed by atoms with Gasteiger partial charge in [0.15, 0.2) is 5.96 Å². The standard InChI is InChI=1S/C14H28N4O2/c1-9(2)17-12(19)8-16-13(15-5)18-10-7-11(20-6)14(10,3)4/h9-11H,7-8H2,1-6H3,(H,17,19)(H2,15,16,18). The number of rotatable bonds is 5. The Kier molecular flexibility index (Phi) is 5.80. The molecular formula is C14H28N4O2. The van der Waals surface area contributed by atoms with Crippen molar-refractivity contribution in [3.63, 3.8) is 0 Å². The van der Waals surface area contributed by atoms with E-state index in [9.17, 15) is 4.79 Å². The van der Waals surface area contributed by atoms with Crippen LogP contribution in [0.15, 0.2) is 4.99 Å². The molecule has 0 aromatic rings. The number of hydrogen-bond acceptors (Lipinski definition) is 3. The first-order chi connectivity index (χ1) is 9.31. The zero-order chi connectivity index (χ0) is 15.3. The van der Waals surface area contributed by atoms with Crippen molar-refractivity contribution in [2.75, 3.05) is 20.7 Å². The van der Waals surface area contributed by atoms with Gasteiger partial charge >= 0.3 is 0 Å². The predicted molar refractivity (Wildman–Crippen MR) is 80.8 cm³/mol. The molecule has 6 nitrogen and oxygen atoms in total. The van der Waals surface area contributed by atoms with E-state index in [0.717, 1.165) is 6.42 Å². The van der Waals surface area contributed by atoms with E-state index in [1.165, 1.54) is 0 Å². The molecule has 3 N–H and O–H groups in total. The molecule has 2 unspecified atom stereocenters. The summed E-state index contributed by atoms with van der Waals surface area (Å²) in [6.45, 7) is 8.43. The summed E-state index contributed by atoms with van der Waals surface area (Å²) < 4.78 is 5.42. The van der Waals surface area contributed by atoms with Gasteiger partial charge in [-0.1, -0.05) is 13.8 Å². The number of methoxy groups -OCH3 is 1. The second-order valence-corrected chi connectivity index (χ2v) is 6.13. The fourth-order valence-electron chi connectivity index (χ4n) is 2.43. The number of amides is 1. The van der Waals surface area contributed by atoms with Crippen molar-refractivity contribution >= 4 is 11.9 Å². The first-order valence-corrected chi connectivity index (χ1v) is 7.10. The van der Waals surface area contributed by atoms with Gasteiger partial charge in [-0.25, -0.2) is 0 Å². The average molecular weight is 284 g/mol. The summed E-state index contributed by atoms with van der Waals surface area (Å²) in [5.74, 6) is 0.613. The number of hydrogen-bond donors (Lipinski definition) is 3. The van der Waals surface area contributed by atoms with Gasteiger partial charge in [-0.3, -0.25) is 9.79 Å². The van der Waals surface area contributed by atoms with E-state index < -0.39 is 0 Å². The highest BCUT2D eigenvalue weighted by molar-refractivity contribution is 5.86. The monoisotopic (exact) mass is 284 g/mol. The van der Waals surface area contributed by atoms with Gasteiger partial charge in [0.2, 0.25) is 5.91 Å². The molecule has 1 aliphatic rings. The second-order valence-electron chi connectivity index (χ2n) is 6.13. The minimum atomic E-state index is -0.0365. The molecule has 1 fully saturated rings. The fraction of sp³-hybridized carbons (Fsp3) is 0.857. The SMILES string of the molecule is CN=C(NCC(=O)NC(C)C)NC1CC(OC)C1(C)C. The lowest BCUT2D eigenvalue weighted by molar-refractivity contribution is -0.120. The lowest BCUT2D eigenvalue weighted by Crippen LogP contribution is -2.63. The van der Waals surface area contributed by atoms with Crippen molar-refractivity contribution in [3.05, 3.63) is 0 Å². The molecule has 1 aliphatic carbocycles. The summed E-state index contributed by atoms with van der Waals surface area (Å²) in [5, 5.41) is 9.21. The third-order valence-electron chi connectivity index (χ3n) is 3.86. The van der Waals surface area contributed by atoms with Crippen molar-refractivity contribution in [3.8, 4) is 0 Å². The highest BCUT2D eigenvalue weighted by atomic mass is 16.5. The molecule has 116 valence electrons. The Balaban J connectivity index is 2.40. The van der Waals surface area contributed by atoms with Gasteiger partial charge < -0.3 is 20.7 Å². The molecule has 0 aromatic heterocycles. The van der Waals surface area contributed by atoms with Gasteiger partial charge in [-0.05, 0) is 20.3 Å². The summed E-state index contributed by atoms with van der Waals surface area (Å²) in [6, 6.07) is 0.444. The minimum Gasteiger partial charge on any atom is -0.381 e. The van der Waals surface area contributed by atoms with Gasteiger partial charge in [0.05, 0.1) is 12.6 Å². The molecule has 1 saturated carbocycles. The maximum absolute atomic E-state index is 11.6. The summed E-state index contributed by atoms with van der Waals surface area (Å²) >= 11 is 0. The number of carbonyl (C=O) groups excluding carboxylic acids is 1. The average Bonchev–Trinajstić information content (AvgIpc) is 2.36. The molecule has 0 spiro atoms. The van der Waals surface area contributed by atoms with Crippen LogP contribution < -0.4 is 16.0 Å². The van der Waals surface area contributed by atoms with Crippen molar-refractivity contribution in [1.82, 2.24) is 16.0 Å². The van der Waals surface area contributed by atoms with Gasteiger partial charge in [-0.15, -0.1) is 0 Å². The van der Waals surface area contributed by atoms with E-state index in [-0.39, 0.29) is 30.0 Å². The third-order valence-corrected chi connectivity index (χ3v) is 3.86. The maximum atomic E-state index is 11.6. The summed E-state index contributed by atoms with van der Waals surface area (Å²) in [4.78, 5) is 15.7. The number of carbonyl (C=O) groups is 1. The lowest BCUT2D eigenvalue weighted by Gasteiger charge is -2.51. The topological polar surface area (TPSA) is 74.8 Å². The highest BCUT2D eigenvalue weighted by Gasteiger charge is 2.48. The minimum absolute atomic E-state index is 0.0365. The largest absolute Gasteiger partial charge is 0.381 e. The van der Waals surface area contributed by atoms with Gasteiger partial charge in [0.25, 0.3) is 0 Å². The van der Waals surface area contributed by atoms with Gasteiger partial charge in [0, 0.05) is 31.7 Å². The van der Waals surface area contributed by atoms with Crippen LogP contribution in [0.1, 0.15) is 34.1 Å². The van der Waals surface area contributed by atoms with Crippen LogP contribution in [0, 0.1) is 5.41 Å². The van der Waals surface area contributed by atoms with Crippen LogP contribution in [0.5, 0.6) is 0 Å². The fourth-order valence-corrected chi connectivity index (χ4v) is 2.43. The Morgan fingerprint density at radius 1 is 1.45 bits per heavy atom. The molecule has 2 atom stereocenters. The molecule has 1 amide bonds. The molecule has 0 aromatic carbocycles. The Bertz CT molecular complexity index is 366. The normalized spacial score (nSPS) is 25.1. The summed E-state index contributed by atoms with van der Waals surface area (Å²) in [6.07, 6.45) is 1.21. The van der Waals surface area contributed by atoms with Crippen molar-refractivity contribution in [1.29, 1.82) is 0 Å². The van der Waals surface area contributed by atoms with Gasteiger partial charge in [0.1, 0.15) is 0 Å². The second kappa shape index (κ2) is 6.92. The van der Waals surface area contributed by atoms with E-state index in [0.29, 0.717) is 12.0 Å². The maximum Gasteiger partial charge on any atom is 0.239 e. The van der Waals surface area contributed by atoms with Crippen LogP contribution in [-0.4, -0.2) is 50.8 Å². The van der Waals surface area contributed by atoms with Crippen LogP contribution in [0.2, 0.25) is 0 Å². The Hall–Kier alpha value is -1.30. The quantitative estimate of drug-likeness (QED) is 0.507. The number of ether oxygens (including phenoxy) is 1. The Morgan fingerprint density at radius 3 is 2.55 bits per heavy atom. The predicted octanol–water partition coefficient (Wildman–Crippen LogP) is 0.490. The highest BCUT2D eigenvalue weighted by Crippen LogP contribution is 2.42. The van der Waals surface area contributed by atoms with Crippen LogP contribution in [0.4, 0.5) is 0 Å². The van der Waals surface area contributed by atoms with Crippen LogP contribution in [-0.2, 0) is 9.53 Å². The number of aliphatic imine (C=N–C) groups is 1. The molecule has 0 radical (unpaired) electrons. The first-order valence-electron chi connectivity index (χ1n) is 7.10. The van der Waals surface area contributed by atoms with E-state index in [4.69, 9.17) is 4.74 Å². The van der Waals surface area contributed by atoms with E-state index >= 15 is 0 Å². The smallest absolute Gasteiger partial charge is 0.239 e. The molecule has 1 rings (SSSR count). The van der Waals surface area contributed by atoms with Crippen LogP contribution in [0.25, 0.3) is 0 Å². The van der Waals surface area contributed by atoms with E-state index in [1.807, 2.05) is 13.8 Å². The summed E-state index contributed by atoms with van der Waals surface area (Å²) in [5.41, 5.74) is 0.0621. The third kappa shape index (κ3) is 4.10. The molecule has 20 heavy (non-hydrogen) atoms. The van der Waals surface area contributed by atoms with Crippen LogP contribution in [0.3, 0.4) is 0 Å². The first kappa shape index (κ1) is 16.8.